The fourth-order valence-corrected chi connectivity index (χ4v) is 2.28. The van der Waals surface area contributed by atoms with Crippen LogP contribution in [0.2, 0.25) is 0 Å². The lowest BCUT2D eigenvalue weighted by Gasteiger charge is -2.09. The molecule has 0 fully saturated rings. The van der Waals surface area contributed by atoms with E-state index in [9.17, 15) is 22.8 Å². The molecule has 2 aromatic rings. The van der Waals surface area contributed by atoms with E-state index in [0.717, 1.165) is 17.8 Å². The smallest absolute Gasteiger partial charge is 0.355 e. The molecule has 0 atom stereocenters. The lowest BCUT2D eigenvalue weighted by Crippen LogP contribution is -2.31. The fraction of sp³-hybridized carbons (Fsp3) is 0.211. The number of rotatable bonds is 7. The van der Waals surface area contributed by atoms with Gasteiger partial charge in [0, 0.05) is 12.1 Å². The number of amides is 2. The normalized spacial score (nSPS) is 11.4. The summed E-state index contributed by atoms with van der Waals surface area (Å²) in [5.41, 5.74) is 2.06. The summed E-state index contributed by atoms with van der Waals surface area (Å²) in [5, 5.41) is 6.09. The highest BCUT2D eigenvalue weighted by Gasteiger charge is 2.32. The first-order valence-corrected chi connectivity index (χ1v) is 8.15. The molecule has 0 aliphatic rings. The lowest BCUT2D eigenvalue weighted by atomic mass is 10.1. The molecule has 2 aromatic carbocycles. The minimum atomic E-state index is -4.52. The van der Waals surface area contributed by atoms with Gasteiger partial charge in [0.25, 0.3) is 0 Å². The Morgan fingerprint density at radius 2 is 1.63 bits per heavy atom. The SMILES string of the molecule is O=C(CC(=O)NN=Cc1ccccc1C(F)(F)F)NCCc1ccccc1. The van der Waals surface area contributed by atoms with E-state index in [1.165, 1.54) is 18.2 Å². The minimum absolute atomic E-state index is 0.183. The van der Waals surface area contributed by atoms with E-state index in [2.05, 4.69) is 15.8 Å². The topological polar surface area (TPSA) is 70.6 Å². The van der Waals surface area contributed by atoms with Crippen LogP contribution in [0.15, 0.2) is 59.7 Å². The zero-order valence-electron chi connectivity index (χ0n) is 14.3. The van der Waals surface area contributed by atoms with Crippen molar-refractivity contribution in [1.29, 1.82) is 0 Å². The van der Waals surface area contributed by atoms with Gasteiger partial charge in [-0.1, -0.05) is 48.5 Å². The Bertz CT molecular complexity index is 805. The molecule has 0 aromatic heterocycles. The lowest BCUT2D eigenvalue weighted by molar-refractivity contribution is -0.137. The van der Waals surface area contributed by atoms with Gasteiger partial charge in [-0.25, -0.2) is 5.43 Å². The van der Waals surface area contributed by atoms with Crippen LogP contribution >= 0.6 is 0 Å². The van der Waals surface area contributed by atoms with Crippen molar-refractivity contribution >= 4 is 18.0 Å². The molecule has 0 heterocycles. The first-order valence-electron chi connectivity index (χ1n) is 8.15. The molecule has 8 heteroatoms. The van der Waals surface area contributed by atoms with Crippen LogP contribution in [0.3, 0.4) is 0 Å². The molecule has 0 aliphatic carbocycles. The van der Waals surface area contributed by atoms with Crippen LogP contribution in [-0.4, -0.2) is 24.6 Å². The van der Waals surface area contributed by atoms with Crippen LogP contribution in [0.5, 0.6) is 0 Å². The van der Waals surface area contributed by atoms with Crippen molar-refractivity contribution in [2.24, 2.45) is 5.10 Å². The Morgan fingerprint density at radius 3 is 2.33 bits per heavy atom. The van der Waals surface area contributed by atoms with Gasteiger partial charge in [0.15, 0.2) is 0 Å². The van der Waals surface area contributed by atoms with Crippen LogP contribution in [0.25, 0.3) is 0 Å². The predicted octanol–water partition coefficient (Wildman–Crippen LogP) is 2.90. The van der Waals surface area contributed by atoms with Crippen molar-refractivity contribution in [2.75, 3.05) is 6.54 Å². The summed E-state index contributed by atoms with van der Waals surface area (Å²) in [5.74, 6) is -1.21. The highest BCUT2D eigenvalue weighted by atomic mass is 19.4. The second kappa shape index (κ2) is 9.51. The van der Waals surface area contributed by atoms with Gasteiger partial charge in [-0.15, -0.1) is 0 Å². The molecule has 2 rings (SSSR count). The van der Waals surface area contributed by atoms with E-state index in [1.54, 1.807) is 0 Å². The third-order valence-corrected chi connectivity index (χ3v) is 3.56. The number of hydrogen-bond acceptors (Lipinski definition) is 3. The predicted molar refractivity (Wildman–Crippen MR) is 95.0 cm³/mol. The number of carbonyl (C=O) groups excluding carboxylic acids is 2. The van der Waals surface area contributed by atoms with E-state index in [-0.39, 0.29) is 5.56 Å². The highest BCUT2D eigenvalue weighted by Crippen LogP contribution is 2.30. The molecule has 0 radical (unpaired) electrons. The Balaban J connectivity index is 1.77. The number of halogens is 3. The van der Waals surface area contributed by atoms with Crippen LogP contribution in [0, 0.1) is 0 Å². The minimum Gasteiger partial charge on any atom is -0.355 e. The molecule has 2 amide bonds. The summed E-state index contributed by atoms with van der Waals surface area (Å²) in [6.45, 7) is 0.373. The van der Waals surface area contributed by atoms with Crippen molar-refractivity contribution in [3.8, 4) is 0 Å². The zero-order valence-corrected chi connectivity index (χ0v) is 14.3. The first-order chi connectivity index (χ1) is 12.9. The Hall–Kier alpha value is -3.16. The molecule has 0 bridgehead atoms. The molecular weight excluding hydrogens is 359 g/mol. The highest BCUT2D eigenvalue weighted by molar-refractivity contribution is 5.97. The molecule has 2 N–H and O–H groups in total. The van der Waals surface area contributed by atoms with Gasteiger partial charge < -0.3 is 5.32 Å². The summed E-state index contributed by atoms with van der Waals surface area (Å²) < 4.78 is 38.5. The second-order valence-corrected chi connectivity index (χ2v) is 5.64. The molecule has 0 spiro atoms. The van der Waals surface area contributed by atoms with Gasteiger partial charge in [0.2, 0.25) is 11.8 Å². The molecule has 0 saturated heterocycles. The number of hydrazone groups is 1. The molecule has 142 valence electrons. The van der Waals surface area contributed by atoms with Crippen molar-refractivity contribution in [3.05, 3.63) is 71.3 Å². The van der Waals surface area contributed by atoms with E-state index >= 15 is 0 Å². The van der Waals surface area contributed by atoms with Gasteiger partial charge in [-0.3, -0.25) is 9.59 Å². The molecular formula is C19H18F3N3O2. The van der Waals surface area contributed by atoms with Crippen LogP contribution in [-0.2, 0) is 22.2 Å². The number of nitrogens with zero attached hydrogens (tertiary/aromatic N) is 1. The van der Waals surface area contributed by atoms with E-state index in [0.29, 0.717) is 13.0 Å². The monoisotopic (exact) mass is 377 g/mol. The Labute approximate surface area is 154 Å². The first kappa shape index (κ1) is 20.2. The molecule has 5 nitrogen and oxygen atoms in total. The summed E-state index contributed by atoms with van der Waals surface area (Å²) in [6, 6.07) is 14.4. The van der Waals surface area contributed by atoms with Gasteiger partial charge in [-0.05, 0) is 18.1 Å². The third-order valence-electron chi connectivity index (χ3n) is 3.56. The maximum absolute atomic E-state index is 12.8. The largest absolute Gasteiger partial charge is 0.417 e. The molecule has 0 saturated carbocycles. The zero-order chi connectivity index (χ0) is 19.7. The van der Waals surface area contributed by atoms with Crippen molar-refractivity contribution in [1.82, 2.24) is 10.7 Å². The number of alkyl halides is 3. The maximum atomic E-state index is 12.8. The van der Waals surface area contributed by atoms with Crippen molar-refractivity contribution in [2.45, 2.75) is 19.0 Å². The van der Waals surface area contributed by atoms with Gasteiger partial charge in [-0.2, -0.15) is 18.3 Å². The van der Waals surface area contributed by atoms with E-state index in [1.807, 2.05) is 30.3 Å². The van der Waals surface area contributed by atoms with E-state index in [4.69, 9.17) is 0 Å². The quantitative estimate of drug-likeness (QED) is 0.443. The Morgan fingerprint density at radius 1 is 0.963 bits per heavy atom. The van der Waals surface area contributed by atoms with Crippen molar-refractivity contribution in [3.63, 3.8) is 0 Å². The average Bonchev–Trinajstić information content (AvgIpc) is 2.62. The van der Waals surface area contributed by atoms with Gasteiger partial charge in [0.1, 0.15) is 6.42 Å². The molecule has 0 aliphatic heterocycles. The van der Waals surface area contributed by atoms with Crippen LogP contribution in [0.1, 0.15) is 23.1 Å². The maximum Gasteiger partial charge on any atom is 0.417 e. The Kier molecular flexibility index (Phi) is 7.10. The number of nitrogens with one attached hydrogen (secondary N) is 2. The third kappa shape index (κ3) is 6.93. The van der Waals surface area contributed by atoms with Crippen molar-refractivity contribution < 1.29 is 22.8 Å². The number of carbonyl (C=O) groups is 2. The van der Waals surface area contributed by atoms with Crippen LogP contribution < -0.4 is 10.7 Å². The molecule has 27 heavy (non-hydrogen) atoms. The van der Waals surface area contributed by atoms with Gasteiger partial charge in [0.05, 0.1) is 11.8 Å². The average molecular weight is 377 g/mol. The summed E-state index contributed by atoms with van der Waals surface area (Å²) in [4.78, 5) is 23.3. The number of benzene rings is 2. The number of hydrogen-bond donors (Lipinski definition) is 2. The molecule has 0 unspecified atom stereocenters. The summed E-state index contributed by atoms with van der Waals surface area (Å²) >= 11 is 0. The summed E-state index contributed by atoms with van der Waals surface area (Å²) in [7, 11) is 0. The van der Waals surface area contributed by atoms with E-state index < -0.39 is 30.0 Å². The van der Waals surface area contributed by atoms with Crippen LogP contribution in [0.4, 0.5) is 13.2 Å². The summed E-state index contributed by atoms with van der Waals surface area (Å²) in [6.07, 6.45) is -3.47. The van der Waals surface area contributed by atoms with Gasteiger partial charge >= 0.3 is 6.18 Å². The fourth-order valence-electron chi connectivity index (χ4n) is 2.28. The standard InChI is InChI=1S/C19H18F3N3O2/c20-19(21,22)16-9-5-4-8-15(16)13-24-25-18(27)12-17(26)23-11-10-14-6-2-1-3-7-14/h1-9,13H,10-12H2,(H,23,26)(H,25,27). The second-order valence-electron chi connectivity index (χ2n) is 5.64.